The first-order valence-corrected chi connectivity index (χ1v) is 4.46. The molecule has 0 aliphatic carbocycles. The van der Waals surface area contributed by atoms with Crippen molar-refractivity contribution in [3.05, 3.63) is 28.8 Å². The van der Waals surface area contributed by atoms with Crippen LogP contribution >= 0.6 is 0 Å². The summed E-state index contributed by atoms with van der Waals surface area (Å²) in [4.78, 5) is 14.3. The summed E-state index contributed by atoms with van der Waals surface area (Å²) in [6, 6.07) is 0. The summed E-state index contributed by atoms with van der Waals surface area (Å²) in [7, 11) is 1.15. The minimum atomic E-state index is -2.85. The van der Waals surface area contributed by atoms with Crippen molar-refractivity contribution in [1.29, 1.82) is 0 Å². The van der Waals surface area contributed by atoms with Crippen LogP contribution in [0.4, 0.5) is 13.2 Å². The fourth-order valence-electron chi connectivity index (χ4n) is 1.33. The summed E-state index contributed by atoms with van der Waals surface area (Å²) in [6.45, 7) is 1.20. The van der Waals surface area contributed by atoms with E-state index in [4.69, 9.17) is 0 Å². The number of hydrogen-bond acceptors (Lipinski definition) is 3. The molecule has 1 rings (SSSR count). The first-order chi connectivity index (χ1) is 7.47. The predicted molar refractivity (Wildman–Crippen MR) is 49.6 cm³/mol. The zero-order chi connectivity index (χ0) is 12.3. The van der Waals surface area contributed by atoms with Crippen molar-refractivity contribution in [1.82, 2.24) is 4.98 Å². The molecule has 1 aromatic heterocycles. The summed E-state index contributed by atoms with van der Waals surface area (Å²) < 4.78 is 42.7. The third-order valence-corrected chi connectivity index (χ3v) is 2.17. The number of nitrogens with zero attached hydrogens (tertiary/aromatic N) is 1. The Morgan fingerprint density at radius 3 is 2.69 bits per heavy atom. The fraction of sp³-hybridized carbons (Fsp3) is 0.400. The number of ether oxygens (including phenoxy) is 1. The largest absolute Gasteiger partial charge is 0.469 e. The van der Waals surface area contributed by atoms with E-state index >= 15 is 0 Å². The molecule has 16 heavy (non-hydrogen) atoms. The van der Waals surface area contributed by atoms with Gasteiger partial charge in [0.2, 0.25) is 5.95 Å². The highest BCUT2D eigenvalue weighted by atomic mass is 19.3. The van der Waals surface area contributed by atoms with Gasteiger partial charge in [0.15, 0.2) is 0 Å². The number of methoxy groups -OCH3 is 1. The Bertz CT molecular complexity index is 407. The zero-order valence-corrected chi connectivity index (χ0v) is 8.76. The van der Waals surface area contributed by atoms with E-state index in [2.05, 4.69) is 9.72 Å². The molecular weight excluding hydrogens is 223 g/mol. The van der Waals surface area contributed by atoms with Crippen molar-refractivity contribution >= 4 is 5.97 Å². The van der Waals surface area contributed by atoms with E-state index in [0.29, 0.717) is 0 Å². The Labute approximate surface area is 90.2 Å². The minimum Gasteiger partial charge on any atom is -0.469 e. The highest BCUT2D eigenvalue weighted by Crippen LogP contribution is 2.27. The molecule has 0 bridgehead atoms. The monoisotopic (exact) mass is 233 g/mol. The number of halogens is 3. The average molecular weight is 233 g/mol. The molecule has 0 aliphatic heterocycles. The van der Waals surface area contributed by atoms with E-state index in [-0.39, 0.29) is 17.5 Å². The van der Waals surface area contributed by atoms with Crippen LogP contribution in [0.2, 0.25) is 0 Å². The number of esters is 1. The molecule has 0 atom stereocenters. The molecule has 0 spiro atoms. The van der Waals surface area contributed by atoms with Gasteiger partial charge in [-0.1, -0.05) is 0 Å². The summed E-state index contributed by atoms with van der Waals surface area (Å²) in [6.07, 6.45) is -2.26. The number of hydrogen-bond donors (Lipinski definition) is 0. The summed E-state index contributed by atoms with van der Waals surface area (Å²) in [5.41, 5.74) is -0.741. The second-order valence-corrected chi connectivity index (χ2v) is 3.17. The van der Waals surface area contributed by atoms with Gasteiger partial charge in [-0.2, -0.15) is 4.39 Å². The van der Waals surface area contributed by atoms with Gasteiger partial charge in [-0.25, -0.2) is 13.8 Å². The van der Waals surface area contributed by atoms with Gasteiger partial charge in [-0.3, -0.25) is 4.79 Å². The SMILES string of the molecule is COC(=O)Cc1cnc(F)c(C)c1C(F)F. The summed E-state index contributed by atoms with van der Waals surface area (Å²) in [5, 5.41) is 0. The Morgan fingerprint density at radius 2 is 2.19 bits per heavy atom. The minimum absolute atomic E-state index is 0.0132. The second-order valence-electron chi connectivity index (χ2n) is 3.17. The van der Waals surface area contributed by atoms with Crippen molar-refractivity contribution in [3.8, 4) is 0 Å². The molecule has 1 heterocycles. The molecule has 88 valence electrons. The Hall–Kier alpha value is -1.59. The van der Waals surface area contributed by atoms with Crippen LogP contribution in [0.15, 0.2) is 6.20 Å². The second kappa shape index (κ2) is 4.96. The summed E-state index contributed by atoms with van der Waals surface area (Å²) >= 11 is 0. The lowest BCUT2D eigenvalue weighted by Crippen LogP contribution is -2.10. The normalized spacial score (nSPS) is 10.6. The molecule has 1 aromatic rings. The van der Waals surface area contributed by atoms with Crippen LogP contribution < -0.4 is 0 Å². The van der Waals surface area contributed by atoms with Crippen molar-refractivity contribution in [3.63, 3.8) is 0 Å². The lowest BCUT2D eigenvalue weighted by Gasteiger charge is -2.10. The summed E-state index contributed by atoms with van der Waals surface area (Å²) in [5.74, 6) is -1.63. The van der Waals surface area contributed by atoms with Gasteiger partial charge in [0.1, 0.15) is 0 Å². The molecule has 0 radical (unpaired) electrons. The fourth-order valence-corrected chi connectivity index (χ4v) is 1.33. The first-order valence-electron chi connectivity index (χ1n) is 4.46. The number of carbonyl (C=O) groups excluding carboxylic acids is 1. The Morgan fingerprint density at radius 1 is 1.56 bits per heavy atom. The van der Waals surface area contributed by atoms with Crippen LogP contribution in [0.1, 0.15) is 23.1 Å². The van der Waals surface area contributed by atoms with E-state index in [1.807, 2.05) is 0 Å². The van der Waals surface area contributed by atoms with E-state index < -0.39 is 23.9 Å². The maximum atomic E-state index is 13.0. The first kappa shape index (κ1) is 12.5. The molecule has 0 aliphatic rings. The van der Waals surface area contributed by atoms with Gasteiger partial charge in [-0.05, 0) is 12.5 Å². The van der Waals surface area contributed by atoms with Crippen molar-refractivity contribution in [2.45, 2.75) is 19.8 Å². The Kier molecular flexibility index (Phi) is 3.87. The lowest BCUT2D eigenvalue weighted by atomic mass is 10.0. The number of alkyl halides is 2. The molecule has 3 nitrogen and oxygen atoms in total. The van der Waals surface area contributed by atoms with Crippen LogP contribution in [0.25, 0.3) is 0 Å². The lowest BCUT2D eigenvalue weighted by molar-refractivity contribution is -0.139. The van der Waals surface area contributed by atoms with Crippen LogP contribution in [0.5, 0.6) is 0 Å². The number of rotatable bonds is 3. The zero-order valence-electron chi connectivity index (χ0n) is 8.76. The highest BCUT2D eigenvalue weighted by Gasteiger charge is 2.21. The van der Waals surface area contributed by atoms with Gasteiger partial charge >= 0.3 is 5.97 Å². The number of carbonyl (C=O) groups is 1. The highest BCUT2D eigenvalue weighted by molar-refractivity contribution is 5.73. The third kappa shape index (κ3) is 2.50. The van der Waals surface area contributed by atoms with Gasteiger partial charge in [0.25, 0.3) is 6.43 Å². The van der Waals surface area contributed by atoms with Gasteiger partial charge < -0.3 is 4.74 Å². The molecular formula is C10H10F3NO2. The van der Waals surface area contributed by atoms with E-state index in [1.54, 1.807) is 0 Å². The molecule has 0 fully saturated rings. The molecule has 0 aromatic carbocycles. The van der Waals surface area contributed by atoms with E-state index in [0.717, 1.165) is 13.3 Å². The standard InChI is InChI=1S/C10H10F3NO2/c1-5-8(9(11)12)6(3-7(15)16-2)4-14-10(5)13/h4,9H,3H2,1-2H3. The van der Waals surface area contributed by atoms with Gasteiger partial charge in [-0.15, -0.1) is 0 Å². The van der Waals surface area contributed by atoms with E-state index in [1.165, 1.54) is 6.92 Å². The van der Waals surface area contributed by atoms with Crippen molar-refractivity contribution < 1.29 is 22.7 Å². The maximum absolute atomic E-state index is 13.0. The smallest absolute Gasteiger partial charge is 0.310 e. The average Bonchev–Trinajstić information content (AvgIpc) is 2.23. The number of pyridine rings is 1. The van der Waals surface area contributed by atoms with Crippen molar-refractivity contribution in [2.75, 3.05) is 7.11 Å². The third-order valence-electron chi connectivity index (χ3n) is 2.17. The maximum Gasteiger partial charge on any atom is 0.310 e. The van der Waals surface area contributed by atoms with Gasteiger partial charge in [0.05, 0.1) is 13.5 Å². The topological polar surface area (TPSA) is 39.2 Å². The van der Waals surface area contributed by atoms with Crippen LogP contribution in [-0.2, 0) is 16.0 Å². The number of aromatic nitrogens is 1. The molecule has 0 unspecified atom stereocenters. The Balaban J connectivity index is 3.18. The molecule has 0 saturated carbocycles. The van der Waals surface area contributed by atoms with E-state index in [9.17, 15) is 18.0 Å². The van der Waals surface area contributed by atoms with Crippen LogP contribution in [0.3, 0.4) is 0 Å². The van der Waals surface area contributed by atoms with Crippen LogP contribution in [0, 0.1) is 12.9 Å². The van der Waals surface area contributed by atoms with Crippen LogP contribution in [-0.4, -0.2) is 18.1 Å². The molecule has 0 amide bonds. The molecule has 0 saturated heterocycles. The van der Waals surface area contributed by atoms with Gasteiger partial charge in [0, 0.05) is 17.3 Å². The molecule has 0 N–H and O–H groups in total. The quantitative estimate of drug-likeness (QED) is 0.593. The predicted octanol–water partition coefficient (Wildman–Crippen LogP) is 2.18. The molecule has 6 heteroatoms. The van der Waals surface area contributed by atoms with Crippen molar-refractivity contribution in [2.24, 2.45) is 0 Å².